The fourth-order valence-electron chi connectivity index (χ4n) is 1.02. The van der Waals surface area contributed by atoms with E-state index in [2.05, 4.69) is 15.2 Å². The number of rotatable bonds is 4. The molecule has 0 amide bonds. The summed E-state index contributed by atoms with van der Waals surface area (Å²) in [5.41, 5.74) is 0.174. The molecule has 0 aliphatic rings. The molecule has 2 heterocycles. The quantitative estimate of drug-likeness (QED) is 0.871. The molecule has 2 aromatic rings. The highest BCUT2D eigenvalue weighted by Crippen LogP contribution is 2.24. The van der Waals surface area contributed by atoms with Crippen molar-refractivity contribution in [3.05, 3.63) is 33.4 Å². The predicted octanol–water partition coefficient (Wildman–Crippen LogP) is 2.58. The Balaban J connectivity index is 1.97. The molecule has 1 N–H and O–H groups in total. The molecule has 0 fully saturated rings. The first-order valence-corrected chi connectivity index (χ1v) is 6.63. The van der Waals surface area contributed by atoms with Gasteiger partial charge in [-0.1, -0.05) is 23.1 Å². The summed E-state index contributed by atoms with van der Waals surface area (Å²) >= 11 is 8.42. The Hall–Kier alpha value is -1.18. The van der Waals surface area contributed by atoms with Crippen LogP contribution in [0, 0.1) is 0 Å². The van der Waals surface area contributed by atoms with E-state index in [1.165, 1.54) is 35.4 Å². The zero-order chi connectivity index (χ0) is 12.3. The van der Waals surface area contributed by atoms with Gasteiger partial charge in [-0.15, -0.1) is 10.2 Å². The van der Waals surface area contributed by atoms with Crippen molar-refractivity contribution in [2.75, 3.05) is 0 Å². The van der Waals surface area contributed by atoms with E-state index in [0.717, 1.165) is 10.0 Å². The normalized spacial score (nSPS) is 10.4. The van der Waals surface area contributed by atoms with Crippen LogP contribution >= 0.6 is 34.7 Å². The first kappa shape index (κ1) is 12.3. The molecule has 0 aliphatic carbocycles. The molecule has 0 saturated heterocycles. The average molecular weight is 288 g/mol. The number of nitrogens with zero attached hydrogens (tertiary/aromatic N) is 3. The molecule has 0 aromatic carbocycles. The first-order valence-electron chi connectivity index (χ1n) is 4.45. The topological polar surface area (TPSA) is 76.0 Å². The number of carboxylic acids is 1. The molecule has 0 bridgehead atoms. The fraction of sp³-hybridized carbons (Fsp3) is 0.111. The second kappa shape index (κ2) is 5.44. The Kier molecular flexibility index (Phi) is 3.93. The lowest BCUT2D eigenvalue weighted by molar-refractivity contribution is 0.0696. The number of hydrogen-bond donors (Lipinski definition) is 1. The molecule has 0 radical (unpaired) electrons. The molecule has 0 aliphatic heterocycles. The molecule has 5 nitrogen and oxygen atoms in total. The predicted molar refractivity (Wildman–Crippen MR) is 65.7 cm³/mol. The Morgan fingerprint density at radius 1 is 1.47 bits per heavy atom. The Labute approximate surface area is 110 Å². The SMILES string of the molecule is O=C(O)c1ccc(SCc2nnc(Cl)s2)nc1. The third-order valence-electron chi connectivity index (χ3n) is 1.77. The van der Waals surface area contributed by atoms with Crippen LogP contribution in [0.5, 0.6) is 0 Å². The van der Waals surface area contributed by atoms with Gasteiger partial charge < -0.3 is 5.11 Å². The van der Waals surface area contributed by atoms with Crippen LogP contribution in [0.15, 0.2) is 23.4 Å². The number of halogens is 1. The molecule has 0 spiro atoms. The highest BCUT2D eigenvalue weighted by molar-refractivity contribution is 7.98. The van der Waals surface area contributed by atoms with Gasteiger partial charge in [-0.25, -0.2) is 9.78 Å². The summed E-state index contributed by atoms with van der Waals surface area (Å²) in [6.07, 6.45) is 1.33. The van der Waals surface area contributed by atoms with Crippen LogP contribution in [0.25, 0.3) is 0 Å². The maximum atomic E-state index is 10.6. The highest BCUT2D eigenvalue weighted by Gasteiger charge is 2.05. The van der Waals surface area contributed by atoms with Gasteiger partial charge in [0.2, 0.25) is 4.47 Å². The van der Waals surface area contributed by atoms with Crippen molar-refractivity contribution in [2.24, 2.45) is 0 Å². The van der Waals surface area contributed by atoms with Gasteiger partial charge in [-0.3, -0.25) is 0 Å². The summed E-state index contributed by atoms with van der Waals surface area (Å²) in [6, 6.07) is 3.18. The number of aromatic carboxylic acids is 1. The molecule has 0 saturated carbocycles. The van der Waals surface area contributed by atoms with E-state index in [9.17, 15) is 4.79 Å². The zero-order valence-electron chi connectivity index (χ0n) is 8.33. The van der Waals surface area contributed by atoms with Crippen LogP contribution in [0.3, 0.4) is 0 Å². The summed E-state index contributed by atoms with van der Waals surface area (Å²) in [5, 5.41) is 17.8. The van der Waals surface area contributed by atoms with Gasteiger partial charge in [0.25, 0.3) is 0 Å². The molecule has 0 atom stereocenters. The minimum Gasteiger partial charge on any atom is -0.478 e. The minimum atomic E-state index is -0.982. The monoisotopic (exact) mass is 287 g/mol. The number of carboxylic acid groups (broad SMARTS) is 1. The van der Waals surface area contributed by atoms with Crippen LogP contribution in [-0.2, 0) is 5.75 Å². The Morgan fingerprint density at radius 3 is 2.82 bits per heavy atom. The van der Waals surface area contributed by atoms with Crippen molar-refractivity contribution >= 4 is 40.7 Å². The van der Waals surface area contributed by atoms with Gasteiger partial charge >= 0.3 is 5.97 Å². The third-order valence-corrected chi connectivity index (χ3v) is 3.93. The van der Waals surface area contributed by atoms with Gasteiger partial charge in [0, 0.05) is 6.20 Å². The summed E-state index contributed by atoms with van der Waals surface area (Å²) in [4.78, 5) is 14.6. The summed E-state index contributed by atoms with van der Waals surface area (Å²) < 4.78 is 0.412. The van der Waals surface area contributed by atoms with E-state index in [1.807, 2.05) is 0 Å². The summed E-state index contributed by atoms with van der Waals surface area (Å²) in [7, 11) is 0. The van der Waals surface area contributed by atoms with Crippen molar-refractivity contribution < 1.29 is 9.90 Å². The largest absolute Gasteiger partial charge is 0.478 e. The molecule has 2 aromatic heterocycles. The van der Waals surface area contributed by atoms with Crippen molar-refractivity contribution in [3.63, 3.8) is 0 Å². The third kappa shape index (κ3) is 3.39. The van der Waals surface area contributed by atoms with Crippen molar-refractivity contribution in [1.82, 2.24) is 15.2 Å². The van der Waals surface area contributed by atoms with Crippen LogP contribution in [0.2, 0.25) is 4.47 Å². The Bertz CT molecular complexity index is 529. The van der Waals surface area contributed by atoms with E-state index in [1.54, 1.807) is 6.07 Å². The van der Waals surface area contributed by atoms with Gasteiger partial charge in [0.1, 0.15) is 5.01 Å². The van der Waals surface area contributed by atoms with Gasteiger partial charge in [-0.05, 0) is 23.7 Å². The summed E-state index contributed by atoms with van der Waals surface area (Å²) in [5.74, 6) is -0.367. The molecular weight excluding hydrogens is 282 g/mol. The second-order valence-corrected chi connectivity index (χ2v) is 5.57. The number of aromatic nitrogens is 3. The number of carbonyl (C=O) groups is 1. The maximum absolute atomic E-state index is 10.6. The fourth-order valence-corrected chi connectivity index (χ4v) is 2.72. The second-order valence-electron chi connectivity index (χ2n) is 2.93. The first-order chi connectivity index (χ1) is 8.15. The van der Waals surface area contributed by atoms with E-state index in [-0.39, 0.29) is 5.56 Å². The van der Waals surface area contributed by atoms with Gasteiger partial charge in [0.15, 0.2) is 0 Å². The molecule has 8 heteroatoms. The van der Waals surface area contributed by atoms with Gasteiger partial charge in [0.05, 0.1) is 16.3 Å². The van der Waals surface area contributed by atoms with Crippen LogP contribution in [-0.4, -0.2) is 26.3 Å². The standard InChI is InChI=1S/C9H6ClN3O2S2/c10-9-13-12-7(17-9)4-16-6-2-1-5(3-11-6)8(14)15/h1-3H,4H2,(H,14,15). The number of thioether (sulfide) groups is 1. The van der Waals surface area contributed by atoms with Crippen LogP contribution in [0.1, 0.15) is 15.4 Å². The maximum Gasteiger partial charge on any atom is 0.337 e. The number of hydrogen-bond acceptors (Lipinski definition) is 6. The van der Waals surface area contributed by atoms with E-state index >= 15 is 0 Å². The average Bonchev–Trinajstić information content (AvgIpc) is 2.73. The molecular formula is C9H6ClN3O2S2. The lowest BCUT2D eigenvalue weighted by Crippen LogP contribution is -1.96. The molecule has 2 rings (SSSR count). The lowest BCUT2D eigenvalue weighted by Gasteiger charge is -1.98. The van der Waals surface area contributed by atoms with Crippen molar-refractivity contribution in [3.8, 4) is 0 Å². The smallest absolute Gasteiger partial charge is 0.337 e. The minimum absolute atomic E-state index is 0.174. The van der Waals surface area contributed by atoms with E-state index < -0.39 is 5.97 Å². The van der Waals surface area contributed by atoms with Crippen molar-refractivity contribution in [2.45, 2.75) is 10.8 Å². The number of pyridine rings is 1. The van der Waals surface area contributed by atoms with Crippen molar-refractivity contribution in [1.29, 1.82) is 0 Å². The summed E-state index contributed by atoms with van der Waals surface area (Å²) in [6.45, 7) is 0. The van der Waals surface area contributed by atoms with Crippen LogP contribution < -0.4 is 0 Å². The zero-order valence-corrected chi connectivity index (χ0v) is 10.7. The molecule has 0 unspecified atom stereocenters. The lowest BCUT2D eigenvalue weighted by atomic mass is 10.3. The van der Waals surface area contributed by atoms with E-state index in [4.69, 9.17) is 16.7 Å². The highest BCUT2D eigenvalue weighted by atomic mass is 35.5. The molecule has 17 heavy (non-hydrogen) atoms. The Morgan fingerprint density at radius 2 is 2.29 bits per heavy atom. The van der Waals surface area contributed by atoms with Crippen LogP contribution in [0.4, 0.5) is 0 Å². The van der Waals surface area contributed by atoms with E-state index in [0.29, 0.717) is 10.2 Å². The van der Waals surface area contributed by atoms with Gasteiger partial charge in [-0.2, -0.15) is 0 Å². The molecule has 88 valence electrons.